The number of nitrogens with zero attached hydrogens (tertiary/aromatic N) is 1. The van der Waals surface area contributed by atoms with E-state index in [4.69, 9.17) is 0 Å². The van der Waals surface area contributed by atoms with E-state index in [0.29, 0.717) is 0 Å². The molecular formula is C22H27NO2. The first kappa shape index (κ1) is 17.7. The van der Waals surface area contributed by atoms with Crippen molar-refractivity contribution in [2.45, 2.75) is 64.8 Å². The van der Waals surface area contributed by atoms with Gasteiger partial charge >= 0.3 is 0 Å². The zero-order valence-electron chi connectivity index (χ0n) is 15.8. The van der Waals surface area contributed by atoms with E-state index in [-0.39, 0.29) is 23.1 Å². The number of aryl methyl sites for hydroxylation is 1. The van der Waals surface area contributed by atoms with Crippen LogP contribution < -0.4 is 0 Å². The summed E-state index contributed by atoms with van der Waals surface area (Å²) in [7, 11) is 0. The second kappa shape index (κ2) is 5.98. The molecule has 0 unspecified atom stereocenters. The molecular weight excluding hydrogens is 310 g/mol. The SMILES string of the molecule is Cc1cc2c(cc1-c1ccc(CN=O)cc1O)C(C)(C)CCC2(C)C. The molecule has 3 rings (SSSR count). The van der Waals surface area contributed by atoms with Crippen molar-refractivity contribution >= 4 is 0 Å². The van der Waals surface area contributed by atoms with Crippen molar-refractivity contribution in [3.05, 3.63) is 57.5 Å². The number of rotatable bonds is 3. The maximum Gasteiger partial charge on any atom is 0.123 e. The average Bonchev–Trinajstić information content (AvgIpc) is 2.53. The van der Waals surface area contributed by atoms with Gasteiger partial charge < -0.3 is 5.11 Å². The first-order chi connectivity index (χ1) is 11.7. The fourth-order valence-corrected chi connectivity index (χ4v) is 3.99. The van der Waals surface area contributed by atoms with Gasteiger partial charge in [0.2, 0.25) is 0 Å². The van der Waals surface area contributed by atoms with Crippen molar-refractivity contribution in [3.63, 3.8) is 0 Å². The quantitative estimate of drug-likeness (QED) is 0.700. The molecule has 0 fully saturated rings. The highest BCUT2D eigenvalue weighted by atomic mass is 16.3. The normalized spacial score (nSPS) is 17.8. The predicted molar refractivity (Wildman–Crippen MR) is 103 cm³/mol. The molecule has 0 heterocycles. The van der Waals surface area contributed by atoms with E-state index in [1.807, 2.05) is 12.1 Å². The van der Waals surface area contributed by atoms with Crippen LogP contribution in [0.2, 0.25) is 0 Å². The van der Waals surface area contributed by atoms with Gasteiger partial charge in [0.05, 0.1) is 0 Å². The Kier molecular flexibility index (Phi) is 4.22. The van der Waals surface area contributed by atoms with Crippen LogP contribution in [0.5, 0.6) is 5.75 Å². The van der Waals surface area contributed by atoms with Gasteiger partial charge in [0.15, 0.2) is 0 Å². The van der Waals surface area contributed by atoms with Crippen LogP contribution in [0.15, 0.2) is 35.5 Å². The molecule has 0 spiro atoms. The third kappa shape index (κ3) is 3.08. The number of hydrogen-bond acceptors (Lipinski definition) is 3. The summed E-state index contributed by atoms with van der Waals surface area (Å²) in [6.07, 6.45) is 2.34. The lowest BCUT2D eigenvalue weighted by Gasteiger charge is -2.42. The number of phenolic OH excluding ortho intramolecular Hbond substituents is 1. The minimum atomic E-state index is 0.0816. The van der Waals surface area contributed by atoms with Crippen molar-refractivity contribution < 1.29 is 5.11 Å². The largest absolute Gasteiger partial charge is 0.507 e. The average molecular weight is 337 g/mol. The molecule has 2 aromatic carbocycles. The van der Waals surface area contributed by atoms with Gasteiger partial charge in [-0.1, -0.05) is 51.1 Å². The summed E-state index contributed by atoms with van der Waals surface area (Å²) in [4.78, 5) is 10.5. The lowest BCUT2D eigenvalue weighted by atomic mass is 9.62. The Labute approximate surface area is 150 Å². The van der Waals surface area contributed by atoms with E-state index < -0.39 is 0 Å². The Morgan fingerprint density at radius 1 is 0.960 bits per heavy atom. The van der Waals surface area contributed by atoms with Crippen LogP contribution in [0, 0.1) is 11.8 Å². The molecule has 0 radical (unpaired) electrons. The van der Waals surface area contributed by atoms with Crippen LogP contribution in [0.3, 0.4) is 0 Å². The summed E-state index contributed by atoms with van der Waals surface area (Å²) in [6.45, 7) is 11.4. The molecule has 0 bridgehead atoms. The van der Waals surface area contributed by atoms with E-state index in [1.54, 1.807) is 6.07 Å². The van der Waals surface area contributed by atoms with Gasteiger partial charge in [0.25, 0.3) is 0 Å². The summed E-state index contributed by atoms with van der Waals surface area (Å²) in [5.74, 6) is 0.206. The van der Waals surface area contributed by atoms with E-state index in [1.165, 1.54) is 23.1 Å². The lowest BCUT2D eigenvalue weighted by molar-refractivity contribution is 0.332. The van der Waals surface area contributed by atoms with Crippen molar-refractivity contribution in [2.24, 2.45) is 5.18 Å². The fourth-order valence-electron chi connectivity index (χ4n) is 3.99. The first-order valence-corrected chi connectivity index (χ1v) is 8.93. The monoisotopic (exact) mass is 337 g/mol. The van der Waals surface area contributed by atoms with Crippen LogP contribution in [-0.4, -0.2) is 5.11 Å². The molecule has 1 aliphatic rings. The molecule has 0 saturated carbocycles. The summed E-state index contributed by atoms with van der Waals surface area (Å²) in [5, 5.41) is 13.4. The highest BCUT2D eigenvalue weighted by Crippen LogP contribution is 2.48. The third-order valence-electron chi connectivity index (χ3n) is 5.80. The Hall–Kier alpha value is -2.16. The van der Waals surface area contributed by atoms with Gasteiger partial charge in [-0.15, -0.1) is 0 Å². The van der Waals surface area contributed by atoms with Gasteiger partial charge in [-0.05, 0) is 70.5 Å². The number of benzene rings is 2. The zero-order valence-corrected chi connectivity index (χ0v) is 15.8. The molecule has 0 aromatic heterocycles. The molecule has 0 amide bonds. The first-order valence-electron chi connectivity index (χ1n) is 8.93. The molecule has 1 N–H and O–H groups in total. The van der Waals surface area contributed by atoms with Gasteiger partial charge in [-0.3, -0.25) is 0 Å². The number of fused-ring (bicyclic) bond motifs is 1. The van der Waals surface area contributed by atoms with Crippen molar-refractivity contribution in [1.29, 1.82) is 0 Å². The fraction of sp³-hybridized carbons (Fsp3) is 0.455. The molecule has 3 nitrogen and oxygen atoms in total. The number of aromatic hydroxyl groups is 1. The third-order valence-corrected chi connectivity index (χ3v) is 5.80. The zero-order chi connectivity index (χ0) is 18.4. The van der Waals surface area contributed by atoms with Crippen LogP contribution in [-0.2, 0) is 17.4 Å². The molecule has 0 atom stereocenters. The summed E-state index contributed by atoms with van der Waals surface area (Å²) < 4.78 is 0. The highest BCUT2D eigenvalue weighted by Gasteiger charge is 2.37. The van der Waals surface area contributed by atoms with Crippen molar-refractivity contribution in [3.8, 4) is 16.9 Å². The maximum atomic E-state index is 10.5. The minimum Gasteiger partial charge on any atom is -0.507 e. The number of hydrogen-bond donors (Lipinski definition) is 1. The van der Waals surface area contributed by atoms with Gasteiger partial charge in [0, 0.05) is 5.56 Å². The lowest BCUT2D eigenvalue weighted by Crippen LogP contribution is -2.34. The Morgan fingerprint density at radius 2 is 1.56 bits per heavy atom. The number of nitroso groups, excluding NO2 is 1. The van der Waals surface area contributed by atoms with Crippen molar-refractivity contribution in [2.75, 3.05) is 0 Å². The van der Waals surface area contributed by atoms with E-state index in [9.17, 15) is 10.0 Å². The van der Waals surface area contributed by atoms with Crippen molar-refractivity contribution in [1.82, 2.24) is 0 Å². The highest BCUT2D eigenvalue weighted by molar-refractivity contribution is 5.75. The molecule has 132 valence electrons. The van der Waals surface area contributed by atoms with E-state index in [0.717, 1.165) is 23.1 Å². The van der Waals surface area contributed by atoms with Crippen LogP contribution in [0.25, 0.3) is 11.1 Å². The molecule has 25 heavy (non-hydrogen) atoms. The Morgan fingerprint density at radius 3 is 2.12 bits per heavy atom. The number of phenols is 1. The summed E-state index contributed by atoms with van der Waals surface area (Å²) >= 11 is 0. The second-order valence-electron chi connectivity index (χ2n) is 8.62. The molecule has 1 aliphatic carbocycles. The molecule has 0 aliphatic heterocycles. The van der Waals surface area contributed by atoms with Gasteiger partial charge in [0.1, 0.15) is 12.3 Å². The Bertz CT molecular complexity index is 834. The molecule has 0 saturated heterocycles. The maximum absolute atomic E-state index is 10.5. The van der Waals surface area contributed by atoms with Gasteiger partial charge in [-0.25, -0.2) is 0 Å². The standard InChI is InChI=1S/C22H27NO2/c1-14-10-18-19(22(4,5)9-8-21(18,2)3)12-17(14)16-7-6-15(13-23-25)11-20(16)24/h6-7,10-12,24H,8-9,13H2,1-5H3. The molecule has 2 aromatic rings. The van der Waals surface area contributed by atoms with Gasteiger partial charge in [-0.2, -0.15) is 4.91 Å². The second-order valence-corrected chi connectivity index (χ2v) is 8.62. The van der Waals surface area contributed by atoms with E-state index >= 15 is 0 Å². The topological polar surface area (TPSA) is 49.7 Å². The summed E-state index contributed by atoms with van der Waals surface area (Å²) in [6, 6.07) is 9.96. The van der Waals surface area contributed by atoms with Crippen LogP contribution in [0.1, 0.15) is 62.8 Å². The Balaban J connectivity index is 2.18. The van der Waals surface area contributed by atoms with Crippen LogP contribution >= 0.6 is 0 Å². The smallest absolute Gasteiger partial charge is 0.123 e. The van der Waals surface area contributed by atoms with Crippen LogP contribution in [0.4, 0.5) is 0 Å². The molecule has 3 heteroatoms. The minimum absolute atomic E-state index is 0.0816. The van der Waals surface area contributed by atoms with E-state index in [2.05, 4.69) is 51.9 Å². The summed E-state index contributed by atoms with van der Waals surface area (Å²) in [5.41, 5.74) is 6.88. The predicted octanol–water partition coefficient (Wildman–Crippen LogP) is 5.98.